The molecule has 0 nitrogen and oxygen atoms in total. The van der Waals surface area contributed by atoms with Gasteiger partial charge in [-0.15, -0.1) is 0 Å². The van der Waals surface area contributed by atoms with Crippen LogP contribution in [-0.4, -0.2) is 12.0 Å². The molecule has 0 N–H and O–H groups in total. The normalized spacial score (nSPS) is 14.0. The highest BCUT2D eigenvalue weighted by Gasteiger charge is 2.30. The Morgan fingerprint density at radius 3 is 1.75 bits per heavy atom. The van der Waals surface area contributed by atoms with Gasteiger partial charge in [0.05, 0.1) is 6.26 Å². The number of hydrogen-bond donors (Lipinski definition) is 0. The Kier molecular flexibility index (Phi) is 12.4. The largest absolute Gasteiger partial charge is 0.145 e. The van der Waals surface area contributed by atoms with E-state index in [1.807, 2.05) is 0 Å². The van der Waals surface area contributed by atoms with E-state index in [0.717, 1.165) is 11.2 Å². The minimum atomic E-state index is 0.498. The number of hydrogen-bond acceptors (Lipinski definition) is 0. The Morgan fingerprint density at radius 1 is 0.750 bits per heavy atom. The van der Waals surface area contributed by atoms with Crippen LogP contribution in [0.3, 0.4) is 0 Å². The summed E-state index contributed by atoms with van der Waals surface area (Å²) in [7, 11) is 0.498. The zero-order valence-corrected chi connectivity index (χ0v) is 17.5. The zero-order chi connectivity index (χ0) is 17.6. The van der Waals surface area contributed by atoms with E-state index in [-0.39, 0.29) is 0 Å². The van der Waals surface area contributed by atoms with Gasteiger partial charge in [0.1, 0.15) is 11.0 Å². The van der Waals surface area contributed by atoms with E-state index in [4.69, 9.17) is 0 Å². The van der Waals surface area contributed by atoms with E-state index in [9.17, 15) is 0 Å². The van der Waals surface area contributed by atoms with E-state index in [1.165, 1.54) is 70.0 Å². The summed E-state index contributed by atoms with van der Waals surface area (Å²) < 4.78 is 0. The van der Waals surface area contributed by atoms with Crippen LogP contribution in [0.2, 0.25) is 0 Å². The molecule has 0 radical (unpaired) electrons. The maximum atomic E-state index is 2.49. The Morgan fingerprint density at radius 2 is 1.25 bits per heavy atom. The first-order valence-corrected chi connectivity index (χ1v) is 12.2. The molecule has 2 atom stereocenters. The van der Waals surface area contributed by atoms with Crippen LogP contribution >= 0.6 is 0 Å². The molecule has 0 bridgehead atoms. The third-order valence-corrected chi connectivity index (χ3v) is 7.60. The SMILES string of the molecule is CCCCCCCCCCCC[S+](C)C(c1ccccc1)C(C)C. The van der Waals surface area contributed by atoms with Crippen LogP contribution in [-0.2, 0) is 10.9 Å². The molecule has 0 spiro atoms. The summed E-state index contributed by atoms with van der Waals surface area (Å²) in [6.45, 7) is 7.07. The minimum absolute atomic E-state index is 0.498. The molecule has 1 aromatic rings. The third kappa shape index (κ3) is 9.16. The van der Waals surface area contributed by atoms with Crippen molar-refractivity contribution in [2.75, 3.05) is 12.0 Å². The lowest BCUT2D eigenvalue weighted by molar-refractivity contribution is 0.562. The summed E-state index contributed by atoms with van der Waals surface area (Å²) >= 11 is 0. The van der Waals surface area contributed by atoms with E-state index in [0.29, 0.717) is 10.9 Å². The summed E-state index contributed by atoms with van der Waals surface area (Å²) in [5.74, 6) is 2.15. The maximum absolute atomic E-state index is 2.49. The zero-order valence-electron chi connectivity index (χ0n) is 16.7. The van der Waals surface area contributed by atoms with Gasteiger partial charge in [-0.1, -0.05) is 102 Å². The van der Waals surface area contributed by atoms with Gasteiger partial charge in [-0.25, -0.2) is 0 Å². The van der Waals surface area contributed by atoms with Crippen molar-refractivity contribution in [2.45, 2.75) is 90.2 Å². The molecular weight excluding hydrogens is 308 g/mol. The Hall–Kier alpha value is -0.430. The highest BCUT2D eigenvalue weighted by molar-refractivity contribution is 7.96. The Bertz CT molecular complexity index is 384. The summed E-state index contributed by atoms with van der Waals surface area (Å²) in [5, 5.41) is 0.741. The number of unbranched alkanes of at least 4 members (excludes halogenated alkanes) is 9. The van der Waals surface area contributed by atoms with Crippen LogP contribution in [0.5, 0.6) is 0 Å². The highest BCUT2D eigenvalue weighted by Crippen LogP contribution is 2.31. The highest BCUT2D eigenvalue weighted by atomic mass is 32.2. The van der Waals surface area contributed by atoms with E-state index < -0.39 is 0 Å². The second-order valence-corrected chi connectivity index (χ2v) is 9.95. The molecule has 0 fully saturated rings. The molecule has 0 saturated carbocycles. The molecule has 0 aromatic heterocycles. The van der Waals surface area contributed by atoms with E-state index in [1.54, 1.807) is 5.56 Å². The standard InChI is InChI=1S/C23H41S/c1-5-6-7-8-9-10-11-12-13-17-20-24(4)23(21(2)3)22-18-15-14-16-19-22/h14-16,18-19,21,23H,5-13,17,20H2,1-4H3/q+1. The van der Waals surface area contributed by atoms with Crippen LogP contribution in [0.4, 0.5) is 0 Å². The van der Waals surface area contributed by atoms with Gasteiger partial charge >= 0.3 is 0 Å². The number of benzene rings is 1. The summed E-state index contributed by atoms with van der Waals surface area (Å²) in [6.07, 6.45) is 16.9. The molecule has 0 saturated heterocycles. The molecular formula is C23H41S+. The molecule has 1 heteroatoms. The molecule has 2 unspecified atom stereocenters. The van der Waals surface area contributed by atoms with Gasteiger partial charge in [0.2, 0.25) is 0 Å². The van der Waals surface area contributed by atoms with E-state index >= 15 is 0 Å². The van der Waals surface area contributed by atoms with Crippen molar-refractivity contribution in [1.82, 2.24) is 0 Å². The lowest BCUT2D eigenvalue weighted by Crippen LogP contribution is -2.20. The van der Waals surface area contributed by atoms with Gasteiger partial charge in [-0.05, 0) is 23.7 Å². The third-order valence-electron chi connectivity index (χ3n) is 4.99. The van der Waals surface area contributed by atoms with Crippen LogP contribution in [0.25, 0.3) is 0 Å². The van der Waals surface area contributed by atoms with E-state index in [2.05, 4.69) is 57.4 Å². The maximum Gasteiger partial charge on any atom is 0.145 e. The summed E-state index contributed by atoms with van der Waals surface area (Å²) in [4.78, 5) is 0. The summed E-state index contributed by atoms with van der Waals surface area (Å²) in [5.41, 5.74) is 1.55. The number of rotatable bonds is 14. The molecule has 0 aliphatic carbocycles. The van der Waals surface area contributed by atoms with Gasteiger partial charge in [0, 0.05) is 11.5 Å². The molecule has 24 heavy (non-hydrogen) atoms. The first kappa shape index (κ1) is 21.6. The van der Waals surface area contributed by atoms with Gasteiger partial charge in [-0.2, -0.15) is 0 Å². The van der Waals surface area contributed by atoms with Crippen molar-refractivity contribution < 1.29 is 0 Å². The Labute approximate surface area is 155 Å². The fraction of sp³-hybridized carbons (Fsp3) is 0.739. The van der Waals surface area contributed by atoms with Crippen LogP contribution < -0.4 is 0 Å². The predicted octanol–water partition coefficient (Wildman–Crippen LogP) is 7.55. The lowest BCUT2D eigenvalue weighted by Gasteiger charge is -2.20. The molecule has 0 heterocycles. The van der Waals surface area contributed by atoms with Gasteiger partial charge in [-0.3, -0.25) is 0 Å². The molecule has 138 valence electrons. The topological polar surface area (TPSA) is 0 Å². The molecule has 0 amide bonds. The van der Waals surface area contributed by atoms with Crippen LogP contribution in [0.1, 0.15) is 95.8 Å². The predicted molar refractivity (Wildman–Crippen MR) is 114 cm³/mol. The monoisotopic (exact) mass is 349 g/mol. The summed E-state index contributed by atoms with van der Waals surface area (Å²) in [6, 6.07) is 11.2. The second kappa shape index (κ2) is 13.8. The van der Waals surface area contributed by atoms with Crippen molar-refractivity contribution in [3.63, 3.8) is 0 Å². The Balaban J connectivity index is 2.15. The van der Waals surface area contributed by atoms with Crippen molar-refractivity contribution >= 4 is 10.9 Å². The van der Waals surface area contributed by atoms with Crippen LogP contribution in [0, 0.1) is 5.92 Å². The van der Waals surface area contributed by atoms with Gasteiger partial charge in [0.25, 0.3) is 0 Å². The lowest BCUT2D eigenvalue weighted by atomic mass is 10.0. The average Bonchev–Trinajstić information content (AvgIpc) is 2.57. The first-order valence-electron chi connectivity index (χ1n) is 10.3. The van der Waals surface area contributed by atoms with Crippen molar-refractivity contribution in [2.24, 2.45) is 5.92 Å². The van der Waals surface area contributed by atoms with Crippen molar-refractivity contribution in [3.8, 4) is 0 Å². The second-order valence-electron chi connectivity index (χ2n) is 7.65. The van der Waals surface area contributed by atoms with Gasteiger partial charge < -0.3 is 0 Å². The van der Waals surface area contributed by atoms with Gasteiger partial charge in [0.15, 0.2) is 0 Å². The molecule has 0 aliphatic rings. The quantitative estimate of drug-likeness (QED) is 0.240. The van der Waals surface area contributed by atoms with Crippen molar-refractivity contribution in [1.29, 1.82) is 0 Å². The fourth-order valence-corrected chi connectivity index (χ4v) is 6.13. The first-order chi connectivity index (χ1) is 11.7. The minimum Gasteiger partial charge on any atom is -0.0654 e. The average molecular weight is 350 g/mol. The molecule has 0 aliphatic heterocycles. The van der Waals surface area contributed by atoms with Crippen molar-refractivity contribution in [3.05, 3.63) is 35.9 Å². The fourth-order valence-electron chi connectivity index (χ4n) is 3.67. The smallest absolute Gasteiger partial charge is 0.0654 e. The van der Waals surface area contributed by atoms with Crippen LogP contribution in [0.15, 0.2) is 30.3 Å². The molecule has 1 rings (SSSR count). The molecule has 1 aromatic carbocycles.